The van der Waals surface area contributed by atoms with E-state index in [2.05, 4.69) is 48.6 Å². The lowest BCUT2D eigenvalue weighted by atomic mass is 9.64. The molecule has 2 fully saturated rings. The first-order valence-electron chi connectivity index (χ1n) is 9.82. The van der Waals surface area contributed by atoms with E-state index in [1.54, 1.807) is 4.90 Å². The van der Waals surface area contributed by atoms with Gasteiger partial charge >= 0.3 is 0 Å². The Balaban J connectivity index is 1.66. The minimum absolute atomic E-state index is 0.00856. The van der Waals surface area contributed by atoms with Gasteiger partial charge in [0.2, 0.25) is 17.7 Å². The Hall–Kier alpha value is -2.41. The van der Waals surface area contributed by atoms with Crippen molar-refractivity contribution in [3.63, 3.8) is 0 Å². The van der Waals surface area contributed by atoms with Gasteiger partial charge in [0.1, 0.15) is 0 Å². The van der Waals surface area contributed by atoms with Crippen LogP contribution in [-0.4, -0.2) is 61.3 Å². The molecule has 0 aromatic heterocycles. The van der Waals surface area contributed by atoms with Crippen LogP contribution in [0.4, 0.5) is 0 Å². The van der Waals surface area contributed by atoms with Crippen LogP contribution in [0.3, 0.4) is 0 Å². The molecule has 2 aliphatic rings. The third-order valence-electron chi connectivity index (χ3n) is 6.50. The standard InChI is InChI=1S/C21H30N4O3/c1-24(2)21(16-6-4-3-5-7-16)10-8-20(9-11-21)12-19(28)25(15-20)14-18(27)23-13-17(22)26/h3-7H,8-15H2,1-2H3,(H2,22,26)(H,23,27). The highest BCUT2D eigenvalue weighted by Gasteiger charge is 2.50. The van der Waals surface area contributed by atoms with E-state index in [0.29, 0.717) is 13.0 Å². The summed E-state index contributed by atoms with van der Waals surface area (Å²) in [7, 11) is 4.25. The molecular formula is C21H30N4O3. The molecule has 7 nitrogen and oxygen atoms in total. The highest BCUT2D eigenvalue weighted by Crippen LogP contribution is 2.51. The van der Waals surface area contributed by atoms with E-state index >= 15 is 0 Å². The number of carbonyl (C=O) groups excluding carboxylic acids is 3. The SMILES string of the molecule is CN(C)C1(c2ccccc2)CCC2(CC1)CC(=O)N(CC(=O)NCC(N)=O)C2. The molecule has 1 saturated carbocycles. The van der Waals surface area contributed by atoms with E-state index in [1.807, 2.05) is 6.07 Å². The molecule has 7 heteroatoms. The summed E-state index contributed by atoms with van der Waals surface area (Å²) in [4.78, 5) is 39.2. The van der Waals surface area contributed by atoms with Gasteiger partial charge in [0.15, 0.2) is 0 Å². The maximum absolute atomic E-state index is 12.5. The molecule has 1 spiro atoms. The summed E-state index contributed by atoms with van der Waals surface area (Å²) in [6.07, 6.45) is 4.36. The molecule has 1 aliphatic carbocycles. The number of hydrogen-bond acceptors (Lipinski definition) is 4. The Kier molecular flexibility index (Phi) is 5.74. The molecule has 152 valence electrons. The fraction of sp³-hybridized carbons (Fsp3) is 0.571. The maximum atomic E-state index is 12.5. The van der Waals surface area contributed by atoms with E-state index in [0.717, 1.165) is 25.7 Å². The fourth-order valence-corrected chi connectivity index (χ4v) is 4.81. The molecule has 0 bridgehead atoms. The second-order valence-electron chi connectivity index (χ2n) is 8.46. The maximum Gasteiger partial charge on any atom is 0.240 e. The number of hydrogen-bond donors (Lipinski definition) is 2. The average Bonchev–Trinajstić information content (AvgIpc) is 2.96. The van der Waals surface area contributed by atoms with Gasteiger partial charge in [-0.05, 0) is 50.8 Å². The van der Waals surface area contributed by atoms with Crippen molar-refractivity contribution >= 4 is 17.7 Å². The second kappa shape index (κ2) is 7.91. The number of likely N-dealkylation sites (tertiary alicyclic amines) is 1. The first-order valence-corrected chi connectivity index (χ1v) is 9.82. The van der Waals surface area contributed by atoms with Gasteiger partial charge in [-0.2, -0.15) is 0 Å². The molecule has 1 aromatic carbocycles. The zero-order valence-corrected chi connectivity index (χ0v) is 16.7. The summed E-state index contributed by atoms with van der Waals surface area (Å²) in [5.41, 5.74) is 6.30. The van der Waals surface area contributed by atoms with E-state index in [1.165, 1.54) is 5.56 Å². The van der Waals surface area contributed by atoms with Gasteiger partial charge in [0.25, 0.3) is 0 Å². The molecule has 3 N–H and O–H groups in total. The molecule has 3 amide bonds. The number of nitrogens with zero attached hydrogens (tertiary/aromatic N) is 2. The van der Waals surface area contributed by atoms with Gasteiger partial charge in [-0.3, -0.25) is 19.3 Å². The Labute approximate surface area is 166 Å². The molecule has 0 radical (unpaired) electrons. The van der Waals surface area contributed by atoms with Gasteiger partial charge in [-0.25, -0.2) is 0 Å². The molecule has 1 saturated heterocycles. The van der Waals surface area contributed by atoms with Crippen molar-refractivity contribution in [2.45, 2.75) is 37.6 Å². The summed E-state index contributed by atoms with van der Waals surface area (Å²) in [5.74, 6) is -0.913. The number of primary amides is 1. The van der Waals surface area contributed by atoms with Crippen LogP contribution in [0.2, 0.25) is 0 Å². The van der Waals surface area contributed by atoms with Crippen LogP contribution in [0.15, 0.2) is 30.3 Å². The third kappa shape index (κ3) is 4.04. The van der Waals surface area contributed by atoms with Crippen LogP contribution in [-0.2, 0) is 19.9 Å². The smallest absolute Gasteiger partial charge is 0.240 e. The molecule has 3 rings (SSSR count). The first kappa shape index (κ1) is 20.3. The molecule has 1 heterocycles. The zero-order valence-electron chi connectivity index (χ0n) is 16.7. The topological polar surface area (TPSA) is 95.7 Å². The quantitative estimate of drug-likeness (QED) is 0.757. The van der Waals surface area contributed by atoms with Crippen molar-refractivity contribution in [3.05, 3.63) is 35.9 Å². The number of carbonyl (C=O) groups is 3. The highest BCUT2D eigenvalue weighted by molar-refractivity contribution is 5.88. The van der Waals surface area contributed by atoms with Crippen LogP contribution < -0.4 is 11.1 Å². The molecule has 1 aliphatic heterocycles. The van der Waals surface area contributed by atoms with Gasteiger partial charge < -0.3 is 16.0 Å². The summed E-state index contributed by atoms with van der Waals surface area (Å²) in [6.45, 7) is 0.397. The fourth-order valence-electron chi connectivity index (χ4n) is 4.81. The molecule has 1 aromatic rings. The predicted molar refractivity (Wildman–Crippen MR) is 106 cm³/mol. The lowest BCUT2D eigenvalue weighted by Crippen LogP contribution is -2.47. The molecule has 0 unspecified atom stereocenters. The number of benzene rings is 1. The molecule has 28 heavy (non-hydrogen) atoms. The number of rotatable bonds is 6. The Morgan fingerprint density at radius 3 is 2.36 bits per heavy atom. The number of nitrogens with two attached hydrogens (primary N) is 1. The second-order valence-corrected chi connectivity index (χ2v) is 8.46. The molecular weight excluding hydrogens is 356 g/mol. The largest absolute Gasteiger partial charge is 0.368 e. The van der Waals surface area contributed by atoms with Crippen molar-refractivity contribution in [1.29, 1.82) is 0 Å². The van der Waals surface area contributed by atoms with Crippen LogP contribution in [0.5, 0.6) is 0 Å². The lowest BCUT2D eigenvalue weighted by molar-refractivity contribution is -0.133. The van der Waals surface area contributed by atoms with Gasteiger partial charge in [0.05, 0.1) is 13.1 Å². The predicted octanol–water partition coefficient (Wildman–Crippen LogP) is 0.838. The highest BCUT2D eigenvalue weighted by atomic mass is 16.2. The Bertz CT molecular complexity index is 739. The summed E-state index contributed by atoms with van der Waals surface area (Å²) >= 11 is 0. The lowest BCUT2D eigenvalue weighted by Gasteiger charge is -2.48. The van der Waals surface area contributed by atoms with Crippen molar-refractivity contribution < 1.29 is 14.4 Å². The number of nitrogens with one attached hydrogen (secondary N) is 1. The van der Waals surface area contributed by atoms with Gasteiger partial charge in [-0.1, -0.05) is 30.3 Å². The van der Waals surface area contributed by atoms with E-state index < -0.39 is 5.91 Å². The first-order chi connectivity index (χ1) is 13.3. The van der Waals surface area contributed by atoms with E-state index in [-0.39, 0.29) is 35.9 Å². The van der Waals surface area contributed by atoms with Crippen molar-refractivity contribution in [3.8, 4) is 0 Å². The normalized spacial score (nSPS) is 27.4. The average molecular weight is 386 g/mol. The van der Waals surface area contributed by atoms with Gasteiger partial charge in [0, 0.05) is 18.5 Å². The van der Waals surface area contributed by atoms with E-state index in [9.17, 15) is 14.4 Å². The van der Waals surface area contributed by atoms with Crippen LogP contribution in [0.1, 0.15) is 37.7 Å². The van der Waals surface area contributed by atoms with Crippen molar-refractivity contribution in [2.75, 3.05) is 33.7 Å². The Morgan fingerprint density at radius 1 is 1.14 bits per heavy atom. The Morgan fingerprint density at radius 2 is 1.79 bits per heavy atom. The van der Waals surface area contributed by atoms with E-state index in [4.69, 9.17) is 5.73 Å². The van der Waals surface area contributed by atoms with Crippen LogP contribution >= 0.6 is 0 Å². The summed E-state index contributed by atoms with van der Waals surface area (Å²) < 4.78 is 0. The van der Waals surface area contributed by atoms with Crippen molar-refractivity contribution in [1.82, 2.24) is 15.1 Å². The minimum Gasteiger partial charge on any atom is -0.368 e. The van der Waals surface area contributed by atoms with Crippen LogP contribution in [0.25, 0.3) is 0 Å². The van der Waals surface area contributed by atoms with Gasteiger partial charge in [-0.15, -0.1) is 0 Å². The summed E-state index contributed by atoms with van der Waals surface area (Å²) in [5, 5.41) is 2.46. The molecule has 0 atom stereocenters. The monoisotopic (exact) mass is 386 g/mol. The number of amides is 3. The zero-order chi connectivity index (χ0) is 20.4. The van der Waals surface area contributed by atoms with Crippen molar-refractivity contribution in [2.24, 2.45) is 11.1 Å². The third-order valence-corrected chi connectivity index (χ3v) is 6.50. The minimum atomic E-state index is -0.592. The summed E-state index contributed by atoms with van der Waals surface area (Å²) in [6, 6.07) is 10.6. The van der Waals surface area contributed by atoms with Crippen LogP contribution in [0, 0.1) is 5.41 Å².